The van der Waals surface area contributed by atoms with E-state index in [1.807, 2.05) is 42.5 Å². The van der Waals surface area contributed by atoms with Crippen LogP contribution < -0.4 is 0 Å². The van der Waals surface area contributed by atoms with E-state index in [2.05, 4.69) is 138 Å². The zero-order chi connectivity index (χ0) is 36.0. The minimum Gasteiger partial charge on any atom is -0.455 e. The summed E-state index contributed by atoms with van der Waals surface area (Å²) in [6, 6.07) is 61.5. The Morgan fingerprint density at radius 2 is 0.964 bits per heavy atom. The van der Waals surface area contributed by atoms with E-state index in [1.54, 1.807) is 0 Å². The van der Waals surface area contributed by atoms with E-state index >= 15 is 0 Å². The van der Waals surface area contributed by atoms with Gasteiger partial charge in [0.15, 0.2) is 5.58 Å². The highest BCUT2D eigenvalue weighted by atomic mass is 16.3. The van der Waals surface area contributed by atoms with Gasteiger partial charge in [-0.3, -0.25) is 4.57 Å². The average Bonchev–Trinajstić information content (AvgIpc) is 3.93. The number of hydrogen-bond donors (Lipinski definition) is 0. The number of nitrogens with zero attached hydrogens (tertiary/aromatic N) is 3. The monoisotopic (exact) mass is 703 g/mol. The number of para-hydroxylation sites is 3. The molecule has 0 atom stereocenters. The summed E-state index contributed by atoms with van der Waals surface area (Å²) in [7, 11) is 0. The van der Waals surface area contributed by atoms with E-state index in [1.165, 1.54) is 0 Å². The third-order valence-corrected chi connectivity index (χ3v) is 11.0. The van der Waals surface area contributed by atoms with Crippen LogP contribution in [0.15, 0.2) is 185 Å². The van der Waals surface area contributed by atoms with Gasteiger partial charge in [0.05, 0.1) is 11.0 Å². The van der Waals surface area contributed by atoms with Gasteiger partial charge in [-0.15, -0.1) is 0 Å². The lowest BCUT2D eigenvalue weighted by Crippen LogP contribution is -2.03. The molecule has 0 radical (unpaired) electrons. The minimum absolute atomic E-state index is 0.579. The predicted molar refractivity (Wildman–Crippen MR) is 225 cm³/mol. The second kappa shape index (κ2) is 11.5. The third-order valence-electron chi connectivity index (χ3n) is 11.0. The zero-order valence-electron chi connectivity index (χ0n) is 29.4. The fourth-order valence-corrected chi connectivity index (χ4v) is 8.42. The molecular formula is C50H29N3O2. The molecule has 5 heteroatoms. The maximum absolute atomic E-state index is 6.66. The smallest absolute Gasteiger partial charge is 0.236 e. The molecule has 0 fully saturated rings. The van der Waals surface area contributed by atoms with Gasteiger partial charge >= 0.3 is 0 Å². The van der Waals surface area contributed by atoms with E-state index in [0.29, 0.717) is 11.5 Å². The molecule has 0 aliphatic heterocycles. The summed E-state index contributed by atoms with van der Waals surface area (Å²) in [6.07, 6.45) is 0. The van der Waals surface area contributed by atoms with Crippen LogP contribution in [0.25, 0.3) is 116 Å². The maximum Gasteiger partial charge on any atom is 0.236 e. The van der Waals surface area contributed by atoms with Crippen molar-refractivity contribution in [3.63, 3.8) is 0 Å². The number of furan rings is 2. The van der Waals surface area contributed by atoms with Gasteiger partial charge in [-0.1, -0.05) is 115 Å². The molecule has 12 aromatic rings. The van der Waals surface area contributed by atoms with Crippen molar-refractivity contribution in [3.05, 3.63) is 176 Å². The lowest BCUT2D eigenvalue weighted by Gasteiger charge is -2.13. The van der Waals surface area contributed by atoms with Crippen molar-refractivity contribution in [1.82, 2.24) is 14.5 Å². The Kier molecular flexibility index (Phi) is 6.27. The largest absolute Gasteiger partial charge is 0.455 e. The Labute approximate surface area is 314 Å². The highest BCUT2D eigenvalue weighted by Gasteiger charge is 2.23. The Balaban J connectivity index is 1.17. The van der Waals surface area contributed by atoms with Crippen LogP contribution in [0.1, 0.15) is 0 Å². The molecule has 0 aliphatic rings. The third kappa shape index (κ3) is 4.53. The van der Waals surface area contributed by atoms with Crippen molar-refractivity contribution in [2.45, 2.75) is 0 Å². The Morgan fingerprint density at radius 1 is 0.364 bits per heavy atom. The van der Waals surface area contributed by atoms with E-state index in [0.717, 1.165) is 105 Å². The lowest BCUT2D eigenvalue weighted by molar-refractivity contribution is 0.666. The van der Waals surface area contributed by atoms with Crippen LogP contribution in [-0.4, -0.2) is 14.5 Å². The Morgan fingerprint density at radius 3 is 1.71 bits per heavy atom. The molecule has 0 amide bonds. The second-order valence-electron chi connectivity index (χ2n) is 14.2. The maximum atomic E-state index is 6.66. The standard InChI is InChI=1S/C50H29N3O2/c1-3-13-30(14-4-1)33-25-34(31-15-5-2-6-16-31)27-35(26-33)46-49-47(39-19-9-12-22-45(39)55-49)52-50(51-46)53-42-20-10-7-17-36(42)41-29-40-32(28-43(41)53)23-24-38-37-18-8-11-21-44(37)54-48(38)40/h1-29H. The fourth-order valence-electron chi connectivity index (χ4n) is 8.42. The molecule has 55 heavy (non-hydrogen) atoms. The van der Waals surface area contributed by atoms with Gasteiger partial charge in [0.2, 0.25) is 5.95 Å². The van der Waals surface area contributed by atoms with Crippen LogP contribution >= 0.6 is 0 Å². The van der Waals surface area contributed by atoms with E-state index in [-0.39, 0.29) is 0 Å². The summed E-state index contributed by atoms with van der Waals surface area (Å²) >= 11 is 0. The van der Waals surface area contributed by atoms with Crippen molar-refractivity contribution in [1.29, 1.82) is 0 Å². The van der Waals surface area contributed by atoms with E-state index in [9.17, 15) is 0 Å². The quantitative estimate of drug-likeness (QED) is 0.183. The summed E-state index contributed by atoms with van der Waals surface area (Å²) in [4.78, 5) is 10.8. The first kappa shape index (κ1) is 30.0. The highest BCUT2D eigenvalue weighted by molar-refractivity contribution is 6.20. The Hall–Kier alpha value is -7.50. The van der Waals surface area contributed by atoms with Gasteiger partial charge in [0.1, 0.15) is 28.0 Å². The van der Waals surface area contributed by atoms with Crippen molar-refractivity contribution in [2.24, 2.45) is 0 Å². The summed E-state index contributed by atoms with van der Waals surface area (Å²) in [5, 5.41) is 7.57. The molecule has 0 unspecified atom stereocenters. The molecule has 4 aromatic heterocycles. The molecule has 0 bridgehead atoms. The van der Waals surface area contributed by atoms with Crippen molar-refractivity contribution < 1.29 is 8.83 Å². The number of fused-ring (bicyclic) bond motifs is 11. The molecule has 4 heterocycles. The lowest BCUT2D eigenvalue weighted by atomic mass is 9.95. The molecule has 256 valence electrons. The molecule has 0 spiro atoms. The molecule has 0 saturated carbocycles. The summed E-state index contributed by atoms with van der Waals surface area (Å²) in [6.45, 7) is 0. The molecule has 8 aromatic carbocycles. The van der Waals surface area contributed by atoms with Crippen LogP contribution in [0.4, 0.5) is 0 Å². The number of rotatable bonds is 4. The predicted octanol–water partition coefficient (Wildman–Crippen LogP) is 13.5. The van der Waals surface area contributed by atoms with Crippen molar-refractivity contribution in [3.8, 4) is 39.5 Å². The zero-order valence-corrected chi connectivity index (χ0v) is 29.4. The SMILES string of the molecule is c1ccc(-c2cc(-c3ccccc3)cc(-c3nc(-n4c5ccccc5c5cc6c(ccc7c8ccccc8oc67)cc54)nc4c3oc3ccccc34)c2)cc1. The van der Waals surface area contributed by atoms with Gasteiger partial charge in [0, 0.05) is 37.9 Å². The van der Waals surface area contributed by atoms with Crippen LogP contribution in [0.3, 0.4) is 0 Å². The molecule has 12 rings (SSSR count). The number of aromatic nitrogens is 3. The second-order valence-corrected chi connectivity index (χ2v) is 14.2. The first-order chi connectivity index (χ1) is 27.2. The van der Waals surface area contributed by atoms with Gasteiger partial charge in [-0.05, 0) is 88.3 Å². The van der Waals surface area contributed by atoms with Crippen LogP contribution in [0.2, 0.25) is 0 Å². The van der Waals surface area contributed by atoms with Gasteiger partial charge in [-0.25, -0.2) is 9.97 Å². The number of hydrogen-bond acceptors (Lipinski definition) is 4. The molecule has 0 N–H and O–H groups in total. The summed E-state index contributed by atoms with van der Waals surface area (Å²) in [5.41, 5.74) is 12.2. The van der Waals surface area contributed by atoms with Crippen LogP contribution in [0, 0.1) is 0 Å². The van der Waals surface area contributed by atoms with Crippen molar-refractivity contribution >= 4 is 76.6 Å². The molecule has 5 nitrogen and oxygen atoms in total. The normalized spacial score (nSPS) is 12.0. The van der Waals surface area contributed by atoms with E-state index < -0.39 is 0 Å². The van der Waals surface area contributed by atoms with E-state index in [4.69, 9.17) is 18.8 Å². The minimum atomic E-state index is 0.579. The molecule has 0 saturated heterocycles. The molecular weight excluding hydrogens is 675 g/mol. The Bertz CT molecular complexity index is 3430. The highest BCUT2D eigenvalue weighted by Crippen LogP contribution is 2.42. The van der Waals surface area contributed by atoms with Crippen LogP contribution in [0.5, 0.6) is 0 Å². The molecule has 0 aliphatic carbocycles. The van der Waals surface area contributed by atoms with Crippen molar-refractivity contribution in [2.75, 3.05) is 0 Å². The van der Waals surface area contributed by atoms with Gasteiger partial charge in [-0.2, -0.15) is 0 Å². The first-order valence-electron chi connectivity index (χ1n) is 18.5. The van der Waals surface area contributed by atoms with Gasteiger partial charge in [0.25, 0.3) is 0 Å². The average molecular weight is 704 g/mol. The van der Waals surface area contributed by atoms with Crippen LogP contribution in [-0.2, 0) is 0 Å². The number of benzene rings is 8. The summed E-state index contributed by atoms with van der Waals surface area (Å²) in [5.74, 6) is 0.579. The summed E-state index contributed by atoms with van der Waals surface area (Å²) < 4.78 is 15.4. The fraction of sp³-hybridized carbons (Fsp3) is 0. The van der Waals surface area contributed by atoms with Gasteiger partial charge < -0.3 is 8.83 Å². The topological polar surface area (TPSA) is 57.0 Å². The first-order valence-corrected chi connectivity index (χ1v) is 18.5.